The molecule has 2 N–H and O–H groups in total. The van der Waals surface area contributed by atoms with E-state index in [0.29, 0.717) is 5.69 Å². The fraction of sp³-hybridized carbons (Fsp3) is 0.429. The lowest BCUT2D eigenvalue weighted by molar-refractivity contribution is -0.140. The fourth-order valence-electron chi connectivity index (χ4n) is 1.72. The first-order valence-electron chi connectivity index (χ1n) is 6.39. The average Bonchev–Trinajstić information content (AvgIpc) is 2.48. The van der Waals surface area contributed by atoms with Crippen LogP contribution in [0.25, 0.3) is 0 Å². The summed E-state index contributed by atoms with van der Waals surface area (Å²) >= 11 is 0. The molecule has 1 aromatic rings. The van der Waals surface area contributed by atoms with E-state index in [1.807, 2.05) is 0 Å². The van der Waals surface area contributed by atoms with Crippen LogP contribution in [0.3, 0.4) is 0 Å². The number of nitrogen functional groups attached to an aromatic ring is 1. The molecule has 0 atom stereocenters. The highest BCUT2D eigenvalue weighted by molar-refractivity contribution is 5.95. The molecule has 1 amide bonds. The molecule has 0 aliphatic rings. The number of esters is 1. The highest BCUT2D eigenvalue weighted by Crippen LogP contribution is 2.15. The van der Waals surface area contributed by atoms with Crippen molar-refractivity contribution in [1.29, 1.82) is 0 Å². The van der Waals surface area contributed by atoms with Gasteiger partial charge in [0.1, 0.15) is 5.82 Å². The van der Waals surface area contributed by atoms with Crippen LogP contribution in [0.5, 0.6) is 0 Å². The Morgan fingerprint density at radius 3 is 2.62 bits per heavy atom. The maximum Gasteiger partial charge on any atom is 0.307 e. The summed E-state index contributed by atoms with van der Waals surface area (Å²) in [4.78, 5) is 24.9. The van der Waals surface area contributed by atoms with E-state index < -0.39 is 17.7 Å². The summed E-state index contributed by atoms with van der Waals surface area (Å²) in [5, 5.41) is 0. The molecule has 0 aliphatic carbocycles. The zero-order valence-corrected chi connectivity index (χ0v) is 12.1. The molecule has 0 unspecified atom stereocenters. The van der Waals surface area contributed by atoms with Gasteiger partial charge in [-0.05, 0) is 18.2 Å². The Labute approximate surface area is 122 Å². The van der Waals surface area contributed by atoms with Crippen LogP contribution in [0.1, 0.15) is 16.8 Å². The van der Waals surface area contributed by atoms with E-state index in [4.69, 9.17) is 10.5 Å². The number of nitrogens with two attached hydrogens (primary N) is 1. The van der Waals surface area contributed by atoms with Crippen LogP contribution in [0.2, 0.25) is 0 Å². The summed E-state index contributed by atoms with van der Waals surface area (Å²) in [6.45, 7) is 0.626. The molecule has 116 valence electrons. The third-order valence-corrected chi connectivity index (χ3v) is 2.89. The molecule has 0 spiro atoms. The molecular weight excluding hydrogens is 279 g/mol. The average molecular weight is 298 g/mol. The lowest BCUT2D eigenvalue weighted by Crippen LogP contribution is -2.36. The van der Waals surface area contributed by atoms with Crippen LogP contribution in [0, 0.1) is 5.82 Å². The predicted molar refractivity (Wildman–Crippen MR) is 75.2 cm³/mol. The van der Waals surface area contributed by atoms with Crippen molar-refractivity contribution in [2.75, 3.05) is 39.6 Å². The van der Waals surface area contributed by atoms with Crippen molar-refractivity contribution in [2.24, 2.45) is 0 Å². The van der Waals surface area contributed by atoms with Gasteiger partial charge in [-0.1, -0.05) is 0 Å². The molecule has 0 saturated carbocycles. The van der Waals surface area contributed by atoms with E-state index in [2.05, 4.69) is 4.74 Å². The van der Waals surface area contributed by atoms with Crippen LogP contribution in [0.4, 0.5) is 10.1 Å². The van der Waals surface area contributed by atoms with Gasteiger partial charge in [0.15, 0.2) is 0 Å². The van der Waals surface area contributed by atoms with Crippen LogP contribution < -0.4 is 5.73 Å². The smallest absolute Gasteiger partial charge is 0.307 e. The highest BCUT2D eigenvalue weighted by Gasteiger charge is 2.20. The fourth-order valence-corrected chi connectivity index (χ4v) is 1.72. The number of carbonyl (C=O) groups is 2. The molecule has 0 fully saturated rings. The molecule has 1 aromatic carbocycles. The zero-order chi connectivity index (χ0) is 15.8. The molecule has 0 radical (unpaired) electrons. The molecule has 1 rings (SSSR count). The van der Waals surface area contributed by atoms with Gasteiger partial charge in [-0.15, -0.1) is 0 Å². The van der Waals surface area contributed by atoms with Gasteiger partial charge in [0.05, 0.1) is 25.7 Å². The Morgan fingerprint density at radius 1 is 1.29 bits per heavy atom. The number of anilines is 1. The van der Waals surface area contributed by atoms with Crippen molar-refractivity contribution in [2.45, 2.75) is 6.42 Å². The topological polar surface area (TPSA) is 81.9 Å². The Kier molecular flexibility index (Phi) is 6.61. The standard InChI is InChI=1S/C14H19FN2O4/c1-20-8-7-17(6-5-13(18)21-2)14(19)11-9-10(16)3-4-12(11)15/h3-4,9H,5-8,16H2,1-2H3. The lowest BCUT2D eigenvalue weighted by Gasteiger charge is -2.22. The minimum atomic E-state index is -0.658. The third-order valence-electron chi connectivity index (χ3n) is 2.89. The summed E-state index contributed by atoms with van der Waals surface area (Å²) < 4.78 is 23.2. The van der Waals surface area contributed by atoms with E-state index in [0.717, 1.165) is 6.07 Å². The van der Waals surface area contributed by atoms with E-state index in [-0.39, 0.29) is 31.7 Å². The number of ether oxygens (including phenoxy) is 2. The van der Waals surface area contributed by atoms with Gasteiger partial charge in [-0.3, -0.25) is 9.59 Å². The summed E-state index contributed by atoms with van der Waals surface area (Å²) in [5.41, 5.74) is 5.74. The summed E-state index contributed by atoms with van der Waals surface area (Å²) in [6.07, 6.45) is 0.0237. The lowest BCUT2D eigenvalue weighted by atomic mass is 10.1. The highest BCUT2D eigenvalue weighted by atomic mass is 19.1. The number of benzene rings is 1. The van der Waals surface area contributed by atoms with E-state index in [9.17, 15) is 14.0 Å². The number of hydrogen-bond acceptors (Lipinski definition) is 5. The van der Waals surface area contributed by atoms with Crippen molar-refractivity contribution in [1.82, 2.24) is 4.90 Å². The second-order valence-corrected chi connectivity index (χ2v) is 4.35. The van der Waals surface area contributed by atoms with Crippen molar-refractivity contribution in [3.05, 3.63) is 29.6 Å². The summed E-state index contributed by atoms with van der Waals surface area (Å²) in [5.74, 6) is -1.64. The van der Waals surface area contributed by atoms with E-state index >= 15 is 0 Å². The Balaban J connectivity index is 2.87. The van der Waals surface area contributed by atoms with Crippen LogP contribution in [-0.2, 0) is 14.3 Å². The Bertz CT molecular complexity index is 508. The first-order chi connectivity index (χ1) is 9.99. The predicted octanol–water partition coefficient (Wildman–Crippen LogP) is 1.06. The Morgan fingerprint density at radius 2 is 2.00 bits per heavy atom. The van der Waals surface area contributed by atoms with Crippen LogP contribution >= 0.6 is 0 Å². The molecule has 7 heteroatoms. The normalized spacial score (nSPS) is 10.2. The first kappa shape index (κ1) is 16.9. The van der Waals surface area contributed by atoms with Crippen LogP contribution in [0.15, 0.2) is 18.2 Å². The quantitative estimate of drug-likeness (QED) is 0.601. The number of nitrogens with zero attached hydrogens (tertiary/aromatic N) is 1. The van der Waals surface area contributed by atoms with Crippen molar-refractivity contribution < 1.29 is 23.5 Å². The number of amides is 1. The van der Waals surface area contributed by atoms with Gasteiger partial charge < -0.3 is 20.1 Å². The van der Waals surface area contributed by atoms with Crippen LogP contribution in [-0.4, -0.2) is 50.7 Å². The third kappa shape index (κ3) is 5.03. The molecule has 0 heterocycles. The maximum atomic E-state index is 13.7. The molecule has 0 aromatic heterocycles. The monoisotopic (exact) mass is 298 g/mol. The maximum absolute atomic E-state index is 13.7. The Hall–Kier alpha value is -2.15. The van der Waals surface area contributed by atoms with Gasteiger partial charge in [0.2, 0.25) is 0 Å². The number of carbonyl (C=O) groups excluding carboxylic acids is 2. The van der Waals surface area contributed by atoms with E-state index in [1.165, 1.54) is 31.3 Å². The largest absolute Gasteiger partial charge is 0.469 e. The minimum absolute atomic E-state index is 0.0237. The van der Waals surface area contributed by atoms with Gasteiger partial charge in [0, 0.05) is 25.9 Å². The molecule has 6 nitrogen and oxygen atoms in total. The second kappa shape index (κ2) is 8.21. The number of rotatable bonds is 7. The molecule has 21 heavy (non-hydrogen) atoms. The first-order valence-corrected chi connectivity index (χ1v) is 6.39. The van der Waals surface area contributed by atoms with E-state index in [1.54, 1.807) is 0 Å². The summed E-state index contributed by atoms with van der Waals surface area (Å²) in [7, 11) is 2.76. The number of halogens is 1. The van der Waals surface area contributed by atoms with Gasteiger partial charge >= 0.3 is 5.97 Å². The van der Waals surface area contributed by atoms with Crippen molar-refractivity contribution >= 4 is 17.6 Å². The minimum Gasteiger partial charge on any atom is -0.469 e. The summed E-state index contributed by atoms with van der Waals surface area (Å²) in [6, 6.07) is 3.78. The van der Waals surface area contributed by atoms with Crippen molar-refractivity contribution in [3.8, 4) is 0 Å². The number of hydrogen-bond donors (Lipinski definition) is 1. The molecule has 0 aliphatic heterocycles. The SMILES string of the molecule is COCCN(CCC(=O)OC)C(=O)c1cc(N)ccc1F. The molecule has 0 saturated heterocycles. The van der Waals surface area contributed by atoms with Gasteiger partial charge in [0.25, 0.3) is 5.91 Å². The second-order valence-electron chi connectivity index (χ2n) is 4.35. The molecule has 0 bridgehead atoms. The van der Waals surface area contributed by atoms with Gasteiger partial charge in [-0.2, -0.15) is 0 Å². The molecular formula is C14H19FN2O4. The zero-order valence-electron chi connectivity index (χ0n) is 12.1. The van der Waals surface area contributed by atoms with Crippen molar-refractivity contribution in [3.63, 3.8) is 0 Å². The van der Waals surface area contributed by atoms with Gasteiger partial charge in [-0.25, -0.2) is 4.39 Å². The number of methoxy groups -OCH3 is 2.